The first-order valence-corrected chi connectivity index (χ1v) is 5.53. The molecule has 0 heterocycles. The van der Waals surface area contributed by atoms with Gasteiger partial charge in [-0.2, -0.15) is 0 Å². The van der Waals surface area contributed by atoms with Crippen LogP contribution in [0.1, 0.15) is 16.7 Å². The highest BCUT2D eigenvalue weighted by Crippen LogP contribution is 2.16. The van der Waals surface area contributed by atoms with Gasteiger partial charge >= 0.3 is 0 Å². The number of hydrogen-bond donors (Lipinski definition) is 3. The van der Waals surface area contributed by atoms with Crippen LogP contribution in [-0.2, 0) is 19.3 Å². The second-order valence-corrected chi connectivity index (χ2v) is 3.67. The maximum Gasteiger partial charge on any atom is -0.00365 e. The van der Waals surface area contributed by atoms with Gasteiger partial charge in [-0.1, -0.05) is 18.2 Å². The lowest BCUT2D eigenvalue weighted by atomic mass is 9.94. The predicted octanol–water partition coefficient (Wildman–Crippen LogP) is 0.190. The van der Waals surface area contributed by atoms with Crippen molar-refractivity contribution in [3.63, 3.8) is 0 Å². The lowest BCUT2D eigenvalue weighted by Gasteiger charge is -2.13. The molecule has 1 aromatic carbocycles. The zero-order chi connectivity index (χ0) is 11.1. The van der Waals surface area contributed by atoms with Gasteiger partial charge in [-0.3, -0.25) is 0 Å². The van der Waals surface area contributed by atoms with Gasteiger partial charge in [0.1, 0.15) is 0 Å². The smallest absolute Gasteiger partial charge is 0.00365 e. The third-order valence-corrected chi connectivity index (χ3v) is 2.59. The molecule has 3 nitrogen and oxygen atoms in total. The van der Waals surface area contributed by atoms with E-state index in [4.69, 9.17) is 17.2 Å². The molecule has 1 rings (SSSR count). The van der Waals surface area contributed by atoms with E-state index in [0.717, 1.165) is 19.3 Å². The Kier molecular flexibility index (Phi) is 5.32. The van der Waals surface area contributed by atoms with E-state index in [1.54, 1.807) is 0 Å². The molecule has 15 heavy (non-hydrogen) atoms. The molecular formula is C12H21N3. The molecule has 0 aromatic heterocycles. The van der Waals surface area contributed by atoms with E-state index in [1.165, 1.54) is 16.7 Å². The van der Waals surface area contributed by atoms with Crippen molar-refractivity contribution in [2.24, 2.45) is 17.2 Å². The lowest BCUT2D eigenvalue weighted by molar-refractivity contribution is 0.867. The molecule has 0 radical (unpaired) electrons. The summed E-state index contributed by atoms with van der Waals surface area (Å²) < 4.78 is 0. The van der Waals surface area contributed by atoms with E-state index >= 15 is 0 Å². The second kappa shape index (κ2) is 6.56. The van der Waals surface area contributed by atoms with Crippen molar-refractivity contribution in [1.29, 1.82) is 0 Å². The quantitative estimate of drug-likeness (QED) is 0.623. The number of hydrogen-bond acceptors (Lipinski definition) is 3. The van der Waals surface area contributed by atoms with Gasteiger partial charge in [-0.15, -0.1) is 0 Å². The van der Waals surface area contributed by atoms with Crippen LogP contribution in [0.3, 0.4) is 0 Å². The Balaban J connectivity index is 2.97. The molecule has 0 spiro atoms. The molecule has 6 N–H and O–H groups in total. The average molecular weight is 207 g/mol. The SMILES string of the molecule is NCCc1cccc(CCN)c1CCN. The highest BCUT2D eigenvalue weighted by atomic mass is 14.5. The maximum atomic E-state index is 5.63. The van der Waals surface area contributed by atoms with Crippen LogP contribution >= 0.6 is 0 Å². The van der Waals surface area contributed by atoms with Crippen molar-refractivity contribution in [2.75, 3.05) is 19.6 Å². The van der Waals surface area contributed by atoms with Crippen LogP contribution < -0.4 is 17.2 Å². The third-order valence-electron chi connectivity index (χ3n) is 2.59. The van der Waals surface area contributed by atoms with Gasteiger partial charge in [0, 0.05) is 0 Å². The summed E-state index contributed by atoms with van der Waals surface area (Å²) in [6, 6.07) is 6.35. The first-order chi connectivity index (χ1) is 7.33. The molecule has 0 amide bonds. The maximum absolute atomic E-state index is 5.63. The van der Waals surface area contributed by atoms with Crippen molar-refractivity contribution < 1.29 is 0 Å². The van der Waals surface area contributed by atoms with E-state index in [0.29, 0.717) is 19.6 Å². The molecule has 0 aliphatic heterocycles. The van der Waals surface area contributed by atoms with E-state index in [9.17, 15) is 0 Å². The van der Waals surface area contributed by atoms with Gasteiger partial charge < -0.3 is 17.2 Å². The number of benzene rings is 1. The highest BCUT2D eigenvalue weighted by Gasteiger charge is 2.06. The van der Waals surface area contributed by atoms with Gasteiger partial charge in [0.2, 0.25) is 0 Å². The van der Waals surface area contributed by atoms with Crippen LogP contribution in [0.25, 0.3) is 0 Å². The minimum absolute atomic E-state index is 0.680. The Labute approximate surface area is 91.6 Å². The van der Waals surface area contributed by atoms with E-state index in [-0.39, 0.29) is 0 Å². The van der Waals surface area contributed by atoms with Crippen LogP contribution in [0.15, 0.2) is 18.2 Å². The van der Waals surface area contributed by atoms with Gasteiger partial charge in [0.15, 0.2) is 0 Å². The average Bonchev–Trinajstić information content (AvgIpc) is 2.23. The molecule has 1 aromatic rings. The highest BCUT2D eigenvalue weighted by molar-refractivity contribution is 5.36. The molecule has 0 aliphatic carbocycles. The van der Waals surface area contributed by atoms with Gasteiger partial charge in [0.05, 0.1) is 0 Å². The Hall–Kier alpha value is -0.900. The fourth-order valence-corrected chi connectivity index (χ4v) is 1.93. The van der Waals surface area contributed by atoms with Crippen molar-refractivity contribution in [1.82, 2.24) is 0 Å². The largest absolute Gasteiger partial charge is 0.330 e. The summed E-state index contributed by atoms with van der Waals surface area (Å²) in [4.78, 5) is 0. The van der Waals surface area contributed by atoms with Crippen LogP contribution in [0.5, 0.6) is 0 Å². The molecule has 0 saturated heterocycles. The van der Waals surface area contributed by atoms with Gasteiger partial charge in [0.25, 0.3) is 0 Å². The molecule has 0 aliphatic rings. The summed E-state index contributed by atoms with van der Waals surface area (Å²) in [6.07, 6.45) is 2.77. The Morgan fingerprint density at radius 3 is 1.60 bits per heavy atom. The van der Waals surface area contributed by atoms with Crippen LogP contribution in [0.2, 0.25) is 0 Å². The zero-order valence-electron chi connectivity index (χ0n) is 9.21. The molecular weight excluding hydrogens is 186 g/mol. The third kappa shape index (κ3) is 3.30. The molecule has 0 fully saturated rings. The summed E-state index contributed by atoms with van der Waals surface area (Å²) in [5.74, 6) is 0. The first kappa shape index (κ1) is 12.2. The summed E-state index contributed by atoms with van der Waals surface area (Å²) in [5.41, 5.74) is 20.8. The van der Waals surface area contributed by atoms with Crippen molar-refractivity contribution >= 4 is 0 Å². The topological polar surface area (TPSA) is 78.1 Å². The fourth-order valence-electron chi connectivity index (χ4n) is 1.93. The second-order valence-electron chi connectivity index (χ2n) is 3.67. The van der Waals surface area contributed by atoms with Crippen molar-refractivity contribution in [3.8, 4) is 0 Å². The monoisotopic (exact) mass is 207 g/mol. The van der Waals surface area contributed by atoms with E-state index in [1.807, 2.05) is 0 Å². The van der Waals surface area contributed by atoms with Crippen LogP contribution in [-0.4, -0.2) is 19.6 Å². The molecule has 0 saturated carbocycles. The molecule has 0 bridgehead atoms. The van der Waals surface area contributed by atoms with Gasteiger partial charge in [-0.05, 0) is 55.6 Å². The van der Waals surface area contributed by atoms with Crippen molar-refractivity contribution in [3.05, 3.63) is 34.9 Å². The zero-order valence-corrected chi connectivity index (χ0v) is 9.21. The minimum Gasteiger partial charge on any atom is -0.330 e. The Morgan fingerprint density at radius 1 is 0.733 bits per heavy atom. The molecule has 3 heteroatoms. The molecule has 0 unspecified atom stereocenters. The Morgan fingerprint density at radius 2 is 1.20 bits per heavy atom. The Bertz CT molecular complexity index is 273. The van der Waals surface area contributed by atoms with Crippen LogP contribution in [0.4, 0.5) is 0 Å². The predicted molar refractivity (Wildman–Crippen MR) is 64.7 cm³/mol. The summed E-state index contributed by atoms with van der Waals surface area (Å²) in [7, 11) is 0. The van der Waals surface area contributed by atoms with Crippen LogP contribution in [0, 0.1) is 0 Å². The summed E-state index contributed by atoms with van der Waals surface area (Å²) in [6.45, 7) is 2.05. The number of rotatable bonds is 6. The normalized spacial score (nSPS) is 10.6. The lowest BCUT2D eigenvalue weighted by Crippen LogP contribution is -2.13. The standard InChI is InChI=1S/C12H21N3/c13-7-4-10-2-1-3-11(5-8-14)12(10)6-9-15/h1-3H,4-9,13-15H2. The summed E-state index contributed by atoms with van der Waals surface area (Å²) >= 11 is 0. The fraction of sp³-hybridized carbons (Fsp3) is 0.500. The van der Waals surface area contributed by atoms with E-state index < -0.39 is 0 Å². The molecule has 0 atom stereocenters. The van der Waals surface area contributed by atoms with Gasteiger partial charge in [-0.25, -0.2) is 0 Å². The minimum atomic E-state index is 0.680. The van der Waals surface area contributed by atoms with Crippen molar-refractivity contribution in [2.45, 2.75) is 19.3 Å². The first-order valence-electron chi connectivity index (χ1n) is 5.53. The number of nitrogens with two attached hydrogens (primary N) is 3. The summed E-state index contributed by atoms with van der Waals surface area (Å²) in [5, 5.41) is 0. The molecule has 84 valence electrons. The van der Waals surface area contributed by atoms with E-state index in [2.05, 4.69) is 18.2 Å².